The summed E-state index contributed by atoms with van der Waals surface area (Å²) >= 11 is 0. The van der Waals surface area contributed by atoms with Gasteiger partial charge < -0.3 is 0 Å². The van der Waals surface area contributed by atoms with Crippen molar-refractivity contribution in [3.8, 4) is 0 Å². The average Bonchev–Trinajstić information content (AvgIpc) is 2.11. The van der Waals surface area contributed by atoms with Gasteiger partial charge in [-0.2, -0.15) is 5.10 Å². The SMILES string of the molecule is Cc1nn(C(C)(C)C)pc1C. The molecule has 3 heteroatoms. The van der Waals surface area contributed by atoms with Crippen LogP contribution < -0.4 is 0 Å². The third-order valence-electron chi connectivity index (χ3n) is 1.61. The lowest BCUT2D eigenvalue weighted by molar-refractivity contribution is 0.386. The smallest absolute Gasteiger partial charge is 0.0671 e. The van der Waals surface area contributed by atoms with E-state index in [9.17, 15) is 0 Å². The average molecular weight is 170 g/mol. The van der Waals surface area contributed by atoms with Gasteiger partial charge in [0.05, 0.1) is 11.2 Å². The van der Waals surface area contributed by atoms with Gasteiger partial charge in [-0.3, -0.25) is 0 Å². The third-order valence-corrected chi connectivity index (χ3v) is 3.12. The van der Waals surface area contributed by atoms with E-state index in [1.165, 1.54) is 19.3 Å². The molecule has 0 amide bonds. The fourth-order valence-electron chi connectivity index (χ4n) is 0.751. The molecule has 0 atom stereocenters. The normalized spacial score (nSPS) is 12.8. The molecule has 0 saturated carbocycles. The topological polar surface area (TPSA) is 17.8 Å². The lowest BCUT2D eigenvalue weighted by Gasteiger charge is -2.17. The van der Waals surface area contributed by atoms with Crippen molar-refractivity contribution in [2.24, 2.45) is 0 Å². The van der Waals surface area contributed by atoms with E-state index in [4.69, 9.17) is 0 Å². The highest BCUT2D eigenvalue weighted by Gasteiger charge is 2.15. The van der Waals surface area contributed by atoms with Crippen LogP contribution in [0.3, 0.4) is 0 Å². The Morgan fingerprint density at radius 1 is 1.27 bits per heavy atom. The van der Waals surface area contributed by atoms with E-state index < -0.39 is 0 Å². The Morgan fingerprint density at radius 3 is 2.00 bits per heavy atom. The molecule has 0 bridgehead atoms. The van der Waals surface area contributed by atoms with Gasteiger partial charge in [0.1, 0.15) is 0 Å². The molecule has 2 nitrogen and oxygen atoms in total. The van der Waals surface area contributed by atoms with Gasteiger partial charge in [0.2, 0.25) is 0 Å². The van der Waals surface area contributed by atoms with E-state index in [0.29, 0.717) is 0 Å². The van der Waals surface area contributed by atoms with Gasteiger partial charge >= 0.3 is 0 Å². The maximum Gasteiger partial charge on any atom is 0.0671 e. The molecule has 0 aromatic carbocycles. The van der Waals surface area contributed by atoms with Crippen LogP contribution in [0.2, 0.25) is 0 Å². The molecule has 0 aliphatic rings. The molecule has 0 aliphatic carbocycles. The molecule has 11 heavy (non-hydrogen) atoms. The Bertz CT molecular complexity index is 238. The van der Waals surface area contributed by atoms with E-state index in [0.717, 1.165) is 0 Å². The van der Waals surface area contributed by atoms with E-state index in [1.54, 1.807) is 0 Å². The molecule has 1 aromatic rings. The lowest BCUT2D eigenvalue weighted by Crippen LogP contribution is -2.20. The van der Waals surface area contributed by atoms with Crippen LogP contribution in [0.15, 0.2) is 0 Å². The summed E-state index contributed by atoms with van der Waals surface area (Å²) in [4.78, 5) is 0. The highest BCUT2D eigenvalue weighted by atomic mass is 31.0. The van der Waals surface area contributed by atoms with Crippen LogP contribution in [0.5, 0.6) is 0 Å². The molecule has 0 unspecified atom stereocenters. The Kier molecular flexibility index (Phi) is 2.06. The van der Waals surface area contributed by atoms with Crippen molar-refractivity contribution in [1.29, 1.82) is 0 Å². The van der Waals surface area contributed by atoms with Crippen LogP contribution in [0, 0.1) is 13.8 Å². The summed E-state index contributed by atoms with van der Waals surface area (Å²) in [5, 5.41) is 5.80. The van der Waals surface area contributed by atoms with Crippen molar-refractivity contribution >= 4 is 8.35 Å². The monoisotopic (exact) mass is 170 g/mol. The molecule has 1 aromatic heterocycles. The summed E-state index contributed by atoms with van der Waals surface area (Å²) in [6, 6.07) is 0. The van der Waals surface area contributed by atoms with Gasteiger partial charge in [0.15, 0.2) is 0 Å². The van der Waals surface area contributed by atoms with Gasteiger partial charge in [0.25, 0.3) is 0 Å². The molecule has 0 aliphatic heterocycles. The zero-order valence-corrected chi connectivity index (χ0v) is 8.74. The van der Waals surface area contributed by atoms with Gasteiger partial charge in [-0.15, -0.1) is 0 Å². The zero-order valence-electron chi connectivity index (χ0n) is 7.84. The Hall–Kier alpha value is -0.360. The second-order valence-corrected chi connectivity index (χ2v) is 5.08. The minimum Gasteiger partial charge on any atom is -0.242 e. The van der Waals surface area contributed by atoms with Gasteiger partial charge in [-0.1, -0.05) is 0 Å². The van der Waals surface area contributed by atoms with Crippen LogP contribution in [0.1, 0.15) is 31.8 Å². The first kappa shape index (κ1) is 8.73. The van der Waals surface area contributed by atoms with Crippen molar-refractivity contribution in [2.75, 3.05) is 0 Å². The molecule has 62 valence electrons. The number of rotatable bonds is 0. The molecule has 0 radical (unpaired) electrons. The minimum atomic E-state index is 0.153. The molecular weight excluding hydrogens is 155 g/mol. The summed E-state index contributed by atoms with van der Waals surface area (Å²) in [5.74, 6) is 0. The first-order valence-corrected chi connectivity index (χ1v) is 4.67. The molecular formula is C8H15N2P. The predicted molar refractivity (Wildman–Crippen MR) is 49.2 cm³/mol. The van der Waals surface area contributed by atoms with E-state index in [1.807, 2.05) is 0 Å². The zero-order chi connectivity index (χ0) is 8.65. The van der Waals surface area contributed by atoms with Crippen molar-refractivity contribution in [3.63, 3.8) is 0 Å². The Balaban J connectivity index is 3.08. The second-order valence-electron chi connectivity index (χ2n) is 3.83. The summed E-state index contributed by atoms with van der Waals surface area (Å²) < 4.78 is 2.11. The van der Waals surface area contributed by atoms with Crippen molar-refractivity contribution in [1.82, 2.24) is 9.54 Å². The molecule has 0 saturated heterocycles. The maximum atomic E-state index is 4.44. The highest BCUT2D eigenvalue weighted by molar-refractivity contribution is 7.26. The van der Waals surface area contributed by atoms with Gasteiger partial charge in [0, 0.05) is 13.6 Å². The van der Waals surface area contributed by atoms with Crippen LogP contribution >= 0.6 is 8.35 Å². The number of hydrogen-bond acceptors (Lipinski definition) is 1. The van der Waals surface area contributed by atoms with Gasteiger partial charge in [-0.05, 0) is 34.6 Å². The summed E-state index contributed by atoms with van der Waals surface area (Å²) in [5.41, 5.74) is 1.32. The second kappa shape index (κ2) is 2.60. The predicted octanol–water partition coefficient (Wildman–Crippen LogP) is 2.84. The highest BCUT2D eigenvalue weighted by Crippen LogP contribution is 2.24. The van der Waals surface area contributed by atoms with Crippen molar-refractivity contribution in [3.05, 3.63) is 11.0 Å². The first-order chi connectivity index (χ1) is 4.91. The lowest BCUT2D eigenvalue weighted by atomic mass is 10.1. The minimum absolute atomic E-state index is 0.153. The van der Waals surface area contributed by atoms with E-state index in [2.05, 4.69) is 44.2 Å². The maximum absolute atomic E-state index is 4.44. The number of aromatic nitrogens is 2. The van der Waals surface area contributed by atoms with Gasteiger partial charge in [-0.25, -0.2) is 4.44 Å². The molecule has 1 heterocycles. The Morgan fingerprint density at radius 2 is 1.82 bits per heavy atom. The third kappa shape index (κ3) is 1.81. The largest absolute Gasteiger partial charge is 0.242 e. The summed E-state index contributed by atoms with van der Waals surface area (Å²) in [7, 11) is 1.24. The van der Waals surface area contributed by atoms with E-state index >= 15 is 0 Å². The fourth-order valence-corrected chi connectivity index (χ4v) is 1.70. The van der Waals surface area contributed by atoms with Crippen molar-refractivity contribution in [2.45, 2.75) is 40.2 Å². The standard InChI is InChI=1S/C8H15N2P/c1-6-7(2)11-10(9-6)8(3,4)5/h1-5H3. The first-order valence-electron chi connectivity index (χ1n) is 3.82. The molecule has 0 N–H and O–H groups in total. The molecule has 1 rings (SSSR count). The van der Waals surface area contributed by atoms with Crippen LogP contribution in [0.25, 0.3) is 0 Å². The fraction of sp³-hybridized carbons (Fsp3) is 0.750. The number of hydrogen-bond donors (Lipinski definition) is 0. The van der Waals surface area contributed by atoms with Crippen LogP contribution in [-0.2, 0) is 5.54 Å². The molecule has 0 spiro atoms. The quantitative estimate of drug-likeness (QED) is 0.585. The summed E-state index contributed by atoms with van der Waals surface area (Å²) in [6.07, 6.45) is 0. The number of aryl methyl sites for hydroxylation is 2. The van der Waals surface area contributed by atoms with Crippen molar-refractivity contribution < 1.29 is 0 Å². The Labute approximate surface area is 69.8 Å². The van der Waals surface area contributed by atoms with Crippen LogP contribution in [0.4, 0.5) is 0 Å². The number of nitrogens with zero attached hydrogens (tertiary/aromatic N) is 2. The summed E-state index contributed by atoms with van der Waals surface area (Å²) in [6.45, 7) is 10.7. The van der Waals surface area contributed by atoms with E-state index in [-0.39, 0.29) is 5.54 Å². The van der Waals surface area contributed by atoms with Crippen LogP contribution in [-0.4, -0.2) is 9.54 Å². The molecule has 0 fully saturated rings.